The quantitative estimate of drug-likeness (QED) is 0.727. The summed E-state index contributed by atoms with van der Waals surface area (Å²) in [7, 11) is 0. The van der Waals surface area contributed by atoms with Gasteiger partial charge >= 0.3 is 0 Å². The molecule has 2 aromatic carbocycles. The molecule has 26 heavy (non-hydrogen) atoms. The minimum Gasteiger partial charge on any atom is -0.491 e. The van der Waals surface area contributed by atoms with Gasteiger partial charge in [0.25, 0.3) is 5.91 Å². The molecule has 0 saturated heterocycles. The van der Waals surface area contributed by atoms with Crippen molar-refractivity contribution in [3.05, 3.63) is 65.2 Å². The van der Waals surface area contributed by atoms with E-state index in [1.54, 1.807) is 23.5 Å². The third-order valence-corrected chi connectivity index (χ3v) is 6.21. The van der Waals surface area contributed by atoms with Gasteiger partial charge in [-0.15, -0.1) is 0 Å². The van der Waals surface area contributed by atoms with Crippen LogP contribution in [0.25, 0.3) is 0 Å². The molecule has 1 aliphatic heterocycles. The Balaban J connectivity index is 1.50. The summed E-state index contributed by atoms with van der Waals surface area (Å²) < 4.78 is 6.85. The summed E-state index contributed by atoms with van der Waals surface area (Å²) in [4.78, 5) is 17.0. The van der Waals surface area contributed by atoms with Crippen molar-refractivity contribution < 1.29 is 9.53 Å². The van der Waals surface area contributed by atoms with E-state index in [1.165, 1.54) is 0 Å². The monoisotopic (exact) mass is 386 g/mol. The molecule has 1 amide bonds. The fourth-order valence-corrected chi connectivity index (χ4v) is 4.56. The highest BCUT2D eigenvalue weighted by Crippen LogP contribution is 2.26. The van der Waals surface area contributed by atoms with Gasteiger partial charge in [-0.2, -0.15) is 0 Å². The van der Waals surface area contributed by atoms with Crippen LogP contribution in [0.1, 0.15) is 21.5 Å². The standard InChI is InChI=1S/C20H22N2O2S2/c1-15-6-2-5-9-18(15)24-12-10-21-19(23)17-8-4-3-7-16(17)14-26-20-22-11-13-25-20/h2-9H,10-14H2,1H3,(H,21,23). The molecule has 136 valence electrons. The number of hydrogen-bond acceptors (Lipinski definition) is 5. The molecule has 0 aromatic heterocycles. The Kier molecular flexibility index (Phi) is 7.03. The van der Waals surface area contributed by atoms with E-state index in [1.807, 2.05) is 55.5 Å². The number of thioether (sulfide) groups is 2. The van der Waals surface area contributed by atoms with Crippen molar-refractivity contribution in [3.8, 4) is 5.75 Å². The van der Waals surface area contributed by atoms with Crippen molar-refractivity contribution in [1.82, 2.24) is 5.32 Å². The number of para-hydroxylation sites is 1. The van der Waals surface area contributed by atoms with Gasteiger partial charge in [-0.1, -0.05) is 59.9 Å². The lowest BCUT2D eigenvalue weighted by Crippen LogP contribution is -2.28. The molecule has 0 atom stereocenters. The van der Waals surface area contributed by atoms with E-state index in [0.717, 1.165) is 44.9 Å². The fourth-order valence-electron chi connectivity index (χ4n) is 2.55. The first kappa shape index (κ1) is 18.9. The van der Waals surface area contributed by atoms with Crippen LogP contribution in [0.15, 0.2) is 53.5 Å². The van der Waals surface area contributed by atoms with Gasteiger partial charge in [0.05, 0.1) is 13.1 Å². The number of aryl methyl sites for hydroxylation is 1. The van der Waals surface area contributed by atoms with Gasteiger partial charge in [0.2, 0.25) is 0 Å². The molecule has 6 heteroatoms. The summed E-state index contributed by atoms with van der Waals surface area (Å²) >= 11 is 3.49. The molecule has 1 N–H and O–H groups in total. The summed E-state index contributed by atoms with van der Waals surface area (Å²) in [6.07, 6.45) is 0. The minimum absolute atomic E-state index is 0.0596. The van der Waals surface area contributed by atoms with Gasteiger partial charge in [0.15, 0.2) is 0 Å². The van der Waals surface area contributed by atoms with Crippen molar-refractivity contribution in [2.24, 2.45) is 4.99 Å². The van der Waals surface area contributed by atoms with E-state index in [0.29, 0.717) is 13.2 Å². The van der Waals surface area contributed by atoms with Crippen LogP contribution in [0, 0.1) is 6.92 Å². The van der Waals surface area contributed by atoms with Crippen LogP contribution in [0.4, 0.5) is 0 Å². The van der Waals surface area contributed by atoms with Crippen LogP contribution in [-0.2, 0) is 5.75 Å². The SMILES string of the molecule is Cc1ccccc1OCCNC(=O)c1ccccc1CSC1=NCCS1. The maximum atomic E-state index is 12.5. The van der Waals surface area contributed by atoms with Crippen LogP contribution < -0.4 is 10.1 Å². The van der Waals surface area contributed by atoms with Crippen molar-refractivity contribution in [1.29, 1.82) is 0 Å². The molecule has 3 rings (SSSR count). The average molecular weight is 387 g/mol. The molecule has 4 nitrogen and oxygen atoms in total. The zero-order chi connectivity index (χ0) is 18.2. The third kappa shape index (κ3) is 5.29. The Morgan fingerprint density at radius 1 is 1.23 bits per heavy atom. The highest BCUT2D eigenvalue weighted by molar-refractivity contribution is 8.38. The van der Waals surface area contributed by atoms with E-state index in [4.69, 9.17) is 4.74 Å². The van der Waals surface area contributed by atoms with Gasteiger partial charge in [-0.3, -0.25) is 9.79 Å². The van der Waals surface area contributed by atoms with Crippen LogP contribution in [0.5, 0.6) is 5.75 Å². The molecular weight excluding hydrogens is 364 g/mol. The third-order valence-electron chi connectivity index (χ3n) is 3.91. The zero-order valence-corrected chi connectivity index (χ0v) is 16.4. The molecular formula is C20H22N2O2S2. The van der Waals surface area contributed by atoms with Crippen molar-refractivity contribution in [2.75, 3.05) is 25.4 Å². The molecule has 0 saturated carbocycles. The van der Waals surface area contributed by atoms with Crippen LogP contribution in [0.2, 0.25) is 0 Å². The molecule has 0 unspecified atom stereocenters. The number of nitrogens with zero attached hydrogens (tertiary/aromatic N) is 1. The Morgan fingerprint density at radius 3 is 2.85 bits per heavy atom. The van der Waals surface area contributed by atoms with Crippen molar-refractivity contribution in [2.45, 2.75) is 12.7 Å². The van der Waals surface area contributed by atoms with E-state index in [9.17, 15) is 4.79 Å². The summed E-state index contributed by atoms with van der Waals surface area (Å²) in [6.45, 7) is 3.82. The van der Waals surface area contributed by atoms with Gasteiger partial charge < -0.3 is 10.1 Å². The fraction of sp³-hybridized carbons (Fsp3) is 0.300. The number of rotatable bonds is 7. The van der Waals surface area contributed by atoms with Gasteiger partial charge in [-0.05, 0) is 30.2 Å². The molecule has 1 aliphatic rings. The smallest absolute Gasteiger partial charge is 0.251 e. The molecule has 0 spiro atoms. The molecule has 1 heterocycles. The molecule has 0 fully saturated rings. The Morgan fingerprint density at radius 2 is 2.04 bits per heavy atom. The van der Waals surface area contributed by atoms with Crippen molar-refractivity contribution in [3.63, 3.8) is 0 Å². The van der Waals surface area contributed by atoms with Crippen molar-refractivity contribution >= 4 is 33.8 Å². The van der Waals surface area contributed by atoms with Crippen LogP contribution in [0.3, 0.4) is 0 Å². The van der Waals surface area contributed by atoms with Crippen LogP contribution in [-0.4, -0.2) is 35.7 Å². The average Bonchev–Trinajstić information content (AvgIpc) is 3.18. The Labute approximate surface area is 162 Å². The Hall–Kier alpha value is -1.92. The topological polar surface area (TPSA) is 50.7 Å². The number of carbonyl (C=O) groups excluding carboxylic acids is 1. The predicted octanol–water partition coefficient (Wildman–Crippen LogP) is 4.14. The Bertz CT molecular complexity index is 793. The van der Waals surface area contributed by atoms with E-state index in [2.05, 4.69) is 10.3 Å². The first-order chi connectivity index (χ1) is 12.7. The number of nitrogens with one attached hydrogen (secondary N) is 1. The lowest BCUT2D eigenvalue weighted by molar-refractivity contribution is 0.0946. The van der Waals surface area contributed by atoms with Gasteiger partial charge in [0.1, 0.15) is 16.7 Å². The molecule has 0 aliphatic carbocycles. The second kappa shape index (κ2) is 9.69. The number of amides is 1. The first-order valence-corrected chi connectivity index (χ1v) is 10.6. The predicted molar refractivity (Wildman–Crippen MR) is 112 cm³/mol. The van der Waals surface area contributed by atoms with E-state index in [-0.39, 0.29) is 5.91 Å². The van der Waals surface area contributed by atoms with E-state index < -0.39 is 0 Å². The largest absolute Gasteiger partial charge is 0.491 e. The number of aliphatic imine (C=N–C) groups is 1. The number of hydrogen-bond donors (Lipinski definition) is 1. The maximum absolute atomic E-state index is 12.5. The molecule has 0 bridgehead atoms. The summed E-state index contributed by atoms with van der Waals surface area (Å²) in [5.41, 5.74) is 2.85. The number of benzene rings is 2. The maximum Gasteiger partial charge on any atom is 0.251 e. The number of carbonyl (C=O) groups is 1. The zero-order valence-electron chi connectivity index (χ0n) is 14.7. The first-order valence-electron chi connectivity index (χ1n) is 8.58. The highest BCUT2D eigenvalue weighted by atomic mass is 32.2. The second-order valence-corrected chi connectivity index (χ2v) is 8.12. The lowest BCUT2D eigenvalue weighted by Gasteiger charge is -2.11. The molecule has 0 radical (unpaired) electrons. The van der Waals surface area contributed by atoms with Gasteiger partial charge in [0, 0.05) is 17.1 Å². The number of ether oxygens (including phenoxy) is 1. The summed E-state index contributed by atoms with van der Waals surface area (Å²) in [5, 5.41) is 2.95. The van der Waals surface area contributed by atoms with Crippen LogP contribution >= 0.6 is 23.5 Å². The summed E-state index contributed by atoms with van der Waals surface area (Å²) in [6, 6.07) is 15.6. The second-order valence-electron chi connectivity index (χ2n) is 5.81. The highest BCUT2D eigenvalue weighted by Gasteiger charge is 2.13. The molecule has 2 aromatic rings. The normalized spacial score (nSPS) is 13.3. The van der Waals surface area contributed by atoms with E-state index >= 15 is 0 Å². The lowest BCUT2D eigenvalue weighted by atomic mass is 10.1. The minimum atomic E-state index is -0.0596. The van der Waals surface area contributed by atoms with Gasteiger partial charge in [-0.25, -0.2) is 0 Å². The summed E-state index contributed by atoms with van der Waals surface area (Å²) in [5.74, 6) is 2.62.